The minimum Gasteiger partial charge on any atom is -0.385 e. The summed E-state index contributed by atoms with van der Waals surface area (Å²) in [5, 5.41) is 3.65. The summed E-state index contributed by atoms with van der Waals surface area (Å²) < 4.78 is 5.05. The maximum absolute atomic E-state index is 5.05. The highest BCUT2D eigenvalue weighted by Crippen LogP contribution is 2.20. The van der Waals surface area contributed by atoms with Gasteiger partial charge in [-0.1, -0.05) is 6.92 Å². The molecule has 1 aliphatic rings. The normalized spacial score (nSPS) is 33.2. The van der Waals surface area contributed by atoms with Gasteiger partial charge in [0.05, 0.1) is 0 Å². The second-order valence-corrected chi connectivity index (χ2v) is 4.91. The molecule has 1 heterocycles. The van der Waals surface area contributed by atoms with Gasteiger partial charge in [0.15, 0.2) is 0 Å². The van der Waals surface area contributed by atoms with Crippen LogP contribution in [0.1, 0.15) is 26.7 Å². The van der Waals surface area contributed by atoms with Crippen LogP contribution in [-0.4, -0.2) is 50.8 Å². The molecular formula is C12H26N2O. The van der Waals surface area contributed by atoms with E-state index in [4.69, 9.17) is 4.74 Å². The first kappa shape index (κ1) is 12.9. The lowest BCUT2D eigenvalue weighted by Crippen LogP contribution is -2.51. The molecule has 3 nitrogen and oxygen atoms in total. The smallest absolute Gasteiger partial charge is 0.0474 e. The highest BCUT2D eigenvalue weighted by Gasteiger charge is 2.27. The van der Waals surface area contributed by atoms with Crippen molar-refractivity contribution in [2.45, 2.75) is 38.8 Å². The summed E-state index contributed by atoms with van der Waals surface area (Å²) in [6.45, 7) is 7.82. The Morgan fingerprint density at radius 3 is 2.80 bits per heavy atom. The second-order valence-electron chi connectivity index (χ2n) is 4.91. The Labute approximate surface area is 94.2 Å². The van der Waals surface area contributed by atoms with Gasteiger partial charge in [0, 0.05) is 32.3 Å². The molecule has 0 saturated carbocycles. The van der Waals surface area contributed by atoms with Crippen LogP contribution >= 0.6 is 0 Å². The van der Waals surface area contributed by atoms with Gasteiger partial charge < -0.3 is 15.0 Å². The van der Waals surface area contributed by atoms with Crippen molar-refractivity contribution < 1.29 is 4.74 Å². The molecule has 0 aliphatic carbocycles. The largest absolute Gasteiger partial charge is 0.385 e. The van der Waals surface area contributed by atoms with E-state index in [1.165, 1.54) is 13.0 Å². The first-order valence-electron chi connectivity index (χ1n) is 6.07. The average molecular weight is 214 g/mol. The van der Waals surface area contributed by atoms with E-state index in [0.717, 1.165) is 25.5 Å². The van der Waals surface area contributed by atoms with Gasteiger partial charge in [-0.2, -0.15) is 0 Å². The van der Waals surface area contributed by atoms with Gasteiger partial charge in [0.1, 0.15) is 0 Å². The molecule has 0 aromatic carbocycles. The summed E-state index contributed by atoms with van der Waals surface area (Å²) in [7, 11) is 3.99. The lowest BCUT2D eigenvalue weighted by molar-refractivity contribution is 0.119. The van der Waals surface area contributed by atoms with Crippen LogP contribution < -0.4 is 5.32 Å². The molecule has 0 amide bonds. The summed E-state index contributed by atoms with van der Waals surface area (Å²) >= 11 is 0. The fraction of sp³-hybridized carbons (Fsp3) is 1.00. The molecule has 0 bridgehead atoms. The van der Waals surface area contributed by atoms with Gasteiger partial charge in [-0.3, -0.25) is 0 Å². The molecule has 90 valence electrons. The predicted octanol–water partition coefficient (Wildman–Crippen LogP) is 1.34. The topological polar surface area (TPSA) is 24.5 Å². The first-order valence-corrected chi connectivity index (χ1v) is 6.07. The number of hydrogen-bond acceptors (Lipinski definition) is 3. The van der Waals surface area contributed by atoms with Crippen molar-refractivity contribution in [3.05, 3.63) is 0 Å². The standard InChI is InChI=1S/C12H26N2O/c1-10-9-14(3)11(2)8-12(10)13-6-5-7-15-4/h10-13H,5-9H2,1-4H3/t10-,11+,12+/m1/s1. The zero-order chi connectivity index (χ0) is 11.3. The molecule has 0 radical (unpaired) electrons. The summed E-state index contributed by atoms with van der Waals surface area (Å²) in [6, 6.07) is 1.40. The molecule has 0 aromatic heterocycles. The Balaban J connectivity index is 2.22. The van der Waals surface area contributed by atoms with Gasteiger partial charge in [-0.25, -0.2) is 0 Å². The molecule has 3 atom stereocenters. The Morgan fingerprint density at radius 1 is 1.40 bits per heavy atom. The van der Waals surface area contributed by atoms with Crippen molar-refractivity contribution in [1.29, 1.82) is 0 Å². The van der Waals surface area contributed by atoms with Crippen LogP contribution in [0.15, 0.2) is 0 Å². The van der Waals surface area contributed by atoms with E-state index < -0.39 is 0 Å². The molecule has 1 aliphatic heterocycles. The Kier molecular flexibility index (Phi) is 5.58. The van der Waals surface area contributed by atoms with Crippen LogP contribution in [0, 0.1) is 5.92 Å². The second kappa shape index (κ2) is 6.46. The molecule has 1 N–H and O–H groups in total. The summed E-state index contributed by atoms with van der Waals surface area (Å²) in [5.74, 6) is 0.758. The third-order valence-corrected chi connectivity index (χ3v) is 3.54. The predicted molar refractivity (Wildman–Crippen MR) is 64.2 cm³/mol. The molecule has 0 unspecified atom stereocenters. The lowest BCUT2D eigenvalue weighted by atomic mass is 9.90. The number of methoxy groups -OCH3 is 1. The molecule has 1 saturated heterocycles. The molecule has 15 heavy (non-hydrogen) atoms. The fourth-order valence-corrected chi connectivity index (χ4v) is 2.33. The van der Waals surface area contributed by atoms with E-state index in [1.807, 2.05) is 0 Å². The number of nitrogens with zero attached hydrogens (tertiary/aromatic N) is 1. The van der Waals surface area contributed by atoms with Crippen molar-refractivity contribution in [3.8, 4) is 0 Å². The minimum atomic E-state index is 0.688. The monoisotopic (exact) mass is 214 g/mol. The van der Waals surface area contributed by atoms with E-state index in [-0.39, 0.29) is 0 Å². The van der Waals surface area contributed by atoms with E-state index in [1.54, 1.807) is 7.11 Å². The number of rotatable bonds is 5. The quantitative estimate of drug-likeness (QED) is 0.699. The van der Waals surface area contributed by atoms with Crippen LogP contribution in [0.3, 0.4) is 0 Å². The Hall–Kier alpha value is -0.120. The third kappa shape index (κ3) is 4.09. The van der Waals surface area contributed by atoms with Crippen molar-refractivity contribution in [2.24, 2.45) is 5.92 Å². The van der Waals surface area contributed by atoms with Crippen LogP contribution in [0.25, 0.3) is 0 Å². The molecule has 1 fully saturated rings. The highest BCUT2D eigenvalue weighted by molar-refractivity contribution is 4.85. The van der Waals surface area contributed by atoms with E-state index in [9.17, 15) is 0 Å². The van der Waals surface area contributed by atoms with Crippen molar-refractivity contribution in [1.82, 2.24) is 10.2 Å². The van der Waals surface area contributed by atoms with Crippen molar-refractivity contribution in [2.75, 3.05) is 33.9 Å². The minimum absolute atomic E-state index is 0.688. The average Bonchev–Trinajstić information content (AvgIpc) is 2.20. The van der Waals surface area contributed by atoms with Crippen molar-refractivity contribution in [3.63, 3.8) is 0 Å². The van der Waals surface area contributed by atoms with Gasteiger partial charge in [0.2, 0.25) is 0 Å². The molecule has 3 heteroatoms. The third-order valence-electron chi connectivity index (χ3n) is 3.54. The van der Waals surface area contributed by atoms with Crippen molar-refractivity contribution >= 4 is 0 Å². The highest BCUT2D eigenvalue weighted by atomic mass is 16.5. The number of piperidine rings is 1. The lowest BCUT2D eigenvalue weighted by Gasteiger charge is -2.40. The maximum atomic E-state index is 5.05. The van der Waals surface area contributed by atoms with Gasteiger partial charge >= 0.3 is 0 Å². The summed E-state index contributed by atoms with van der Waals surface area (Å²) in [4.78, 5) is 2.46. The zero-order valence-electron chi connectivity index (χ0n) is 10.6. The Morgan fingerprint density at radius 2 is 2.13 bits per heavy atom. The SMILES string of the molecule is COCCCN[C@H]1C[C@H](C)N(C)C[C@H]1C. The molecule has 0 aromatic rings. The zero-order valence-corrected chi connectivity index (χ0v) is 10.6. The first-order chi connectivity index (χ1) is 7.15. The van der Waals surface area contributed by atoms with Crippen LogP contribution in [0.5, 0.6) is 0 Å². The number of hydrogen-bond donors (Lipinski definition) is 1. The summed E-state index contributed by atoms with van der Waals surface area (Å²) in [6.07, 6.45) is 2.38. The van der Waals surface area contributed by atoms with Crippen LogP contribution in [0.2, 0.25) is 0 Å². The molecule has 1 rings (SSSR count). The van der Waals surface area contributed by atoms with Crippen LogP contribution in [0.4, 0.5) is 0 Å². The van der Waals surface area contributed by atoms with E-state index in [0.29, 0.717) is 12.1 Å². The summed E-state index contributed by atoms with van der Waals surface area (Å²) in [5.41, 5.74) is 0. The molecule has 0 spiro atoms. The maximum Gasteiger partial charge on any atom is 0.0474 e. The van der Waals surface area contributed by atoms with E-state index >= 15 is 0 Å². The fourth-order valence-electron chi connectivity index (χ4n) is 2.33. The van der Waals surface area contributed by atoms with E-state index in [2.05, 4.69) is 31.1 Å². The van der Waals surface area contributed by atoms with Gasteiger partial charge in [0.25, 0.3) is 0 Å². The number of nitrogens with one attached hydrogen (secondary N) is 1. The number of ether oxygens (including phenoxy) is 1. The van der Waals surface area contributed by atoms with Gasteiger partial charge in [-0.15, -0.1) is 0 Å². The van der Waals surface area contributed by atoms with Crippen LogP contribution in [-0.2, 0) is 4.74 Å². The Bertz CT molecular complexity index is 175. The van der Waals surface area contributed by atoms with Gasteiger partial charge in [-0.05, 0) is 39.3 Å². The number of likely N-dealkylation sites (tertiary alicyclic amines) is 1. The molecular weight excluding hydrogens is 188 g/mol.